The lowest BCUT2D eigenvalue weighted by molar-refractivity contribution is 0.652. The van der Waals surface area contributed by atoms with Crippen molar-refractivity contribution in [3.63, 3.8) is 0 Å². The monoisotopic (exact) mass is 656 g/mol. The maximum atomic E-state index is 2.64. The number of hydrogen-bond donors (Lipinski definition) is 0. The Morgan fingerprint density at radius 3 is 0.820 bits per heavy atom. The summed E-state index contributed by atoms with van der Waals surface area (Å²) in [5.74, 6) is 0. The summed E-state index contributed by atoms with van der Waals surface area (Å²) in [6.45, 7) is 4.86. The summed E-state index contributed by atoms with van der Waals surface area (Å²) in [5.41, 5.74) is 24.3. The van der Waals surface area contributed by atoms with Gasteiger partial charge in [-0.1, -0.05) is 36.4 Å². The van der Waals surface area contributed by atoms with E-state index in [2.05, 4.69) is 109 Å². The van der Waals surface area contributed by atoms with Gasteiger partial charge >= 0.3 is 0 Å². The lowest BCUT2D eigenvalue weighted by Crippen LogP contribution is -2.23. The van der Waals surface area contributed by atoms with Crippen LogP contribution < -0.4 is 9.80 Å². The van der Waals surface area contributed by atoms with Gasteiger partial charge < -0.3 is 9.80 Å². The molecule has 0 unspecified atom stereocenters. The molecule has 4 aliphatic carbocycles. The molecule has 0 heterocycles. The summed E-state index contributed by atoms with van der Waals surface area (Å²) in [5, 5.41) is 0. The first-order chi connectivity index (χ1) is 24.7. The highest BCUT2D eigenvalue weighted by molar-refractivity contribution is 5.87. The summed E-state index contributed by atoms with van der Waals surface area (Å²) in [7, 11) is 0. The number of para-hydroxylation sites is 2. The first kappa shape index (κ1) is 31.7. The first-order valence-corrected chi connectivity index (χ1v) is 19.8. The minimum atomic E-state index is 1.19. The zero-order chi connectivity index (χ0) is 33.6. The highest BCUT2D eigenvalue weighted by atomic mass is 15.2. The SMILES string of the molecule is Cc1c2c(c(N(c3ccccc3)c3ccc(N(c4ccccc4)c4c5c(c(C)c6c4CCCC6)CCCC5)cc3)c3c1CCCC3)CCCC2. The molecule has 5 aromatic carbocycles. The Morgan fingerprint density at radius 1 is 0.300 bits per heavy atom. The highest BCUT2D eigenvalue weighted by Crippen LogP contribution is 2.50. The Balaban J connectivity index is 1.23. The number of anilines is 6. The van der Waals surface area contributed by atoms with Gasteiger partial charge in [-0.15, -0.1) is 0 Å². The van der Waals surface area contributed by atoms with Crippen LogP contribution in [0.25, 0.3) is 0 Å². The van der Waals surface area contributed by atoms with Crippen LogP contribution in [0.2, 0.25) is 0 Å². The molecule has 0 amide bonds. The molecule has 0 saturated heterocycles. The predicted octanol–water partition coefficient (Wildman–Crippen LogP) is 12.8. The van der Waals surface area contributed by atoms with Crippen LogP contribution in [0.5, 0.6) is 0 Å². The van der Waals surface area contributed by atoms with Gasteiger partial charge in [-0.3, -0.25) is 0 Å². The van der Waals surface area contributed by atoms with Crippen molar-refractivity contribution in [1.29, 1.82) is 0 Å². The Hall–Kier alpha value is -4.30. The van der Waals surface area contributed by atoms with E-state index in [1.807, 2.05) is 0 Å². The van der Waals surface area contributed by atoms with Gasteiger partial charge in [0.05, 0.1) is 11.4 Å². The largest absolute Gasteiger partial charge is 0.310 e. The Bertz CT molecular complexity index is 1800. The fraction of sp³-hybridized carbons (Fsp3) is 0.375. The van der Waals surface area contributed by atoms with Crippen LogP contribution >= 0.6 is 0 Å². The normalized spacial score (nSPS) is 16.5. The third-order valence-electron chi connectivity index (χ3n) is 12.7. The number of hydrogen-bond acceptors (Lipinski definition) is 2. The summed E-state index contributed by atoms with van der Waals surface area (Å²) in [6, 6.07) is 32.1. The van der Waals surface area contributed by atoms with E-state index in [1.165, 1.54) is 137 Å². The average molecular weight is 657 g/mol. The molecule has 50 heavy (non-hydrogen) atoms. The predicted molar refractivity (Wildman–Crippen MR) is 212 cm³/mol. The smallest absolute Gasteiger partial charge is 0.0531 e. The first-order valence-electron chi connectivity index (χ1n) is 19.8. The molecule has 0 saturated carbocycles. The fourth-order valence-electron chi connectivity index (χ4n) is 10.3. The fourth-order valence-corrected chi connectivity index (χ4v) is 10.3. The lowest BCUT2D eigenvalue weighted by atomic mass is 9.77. The van der Waals surface area contributed by atoms with Crippen molar-refractivity contribution in [2.45, 2.75) is 117 Å². The van der Waals surface area contributed by atoms with Gasteiger partial charge in [0.25, 0.3) is 0 Å². The van der Waals surface area contributed by atoms with Gasteiger partial charge in [-0.2, -0.15) is 0 Å². The number of nitrogens with zero attached hydrogens (tertiary/aromatic N) is 2. The second-order valence-electron chi connectivity index (χ2n) is 15.5. The number of benzene rings is 5. The molecule has 0 atom stereocenters. The van der Waals surface area contributed by atoms with Gasteiger partial charge in [0.2, 0.25) is 0 Å². The molecule has 2 nitrogen and oxygen atoms in total. The van der Waals surface area contributed by atoms with E-state index < -0.39 is 0 Å². The van der Waals surface area contributed by atoms with E-state index >= 15 is 0 Å². The molecular formula is C48H52N2. The second kappa shape index (κ2) is 13.4. The van der Waals surface area contributed by atoms with Crippen LogP contribution in [0.15, 0.2) is 84.9 Å². The second-order valence-corrected chi connectivity index (χ2v) is 15.5. The van der Waals surface area contributed by atoms with Crippen LogP contribution in [0.1, 0.15) is 107 Å². The van der Waals surface area contributed by atoms with Crippen molar-refractivity contribution in [3.8, 4) is 0 Å². The average Bonchev–Trinajstić information content (AvgIpc) is 3.19. The zero-order valence-corrected chi connectivity index (χ0v) is 30.3. The van der Waals surface area contributed by atoms with Crippen LogP contribution in [0, 0.1) is 13.8 Å². The molecule has 9 rings (SSSR count). The van der Waals surface area contributed by atoms with Crippen molar-refractivity contribution >= 4 is 34.1 Å². The standard InChI is InChI=1S/C48H52N2/c1-33-39-21-9-13-25-43(39)47(44-26-14-10-22-40(33)44)49(35-17-5-3-6-18-35)37-29-31-38(32-30-37)50(36-19-7-4-8-20-36)48-45-27-15-11-23-41(45)34(2)42-24-12-16-28-46(42)48/h3-8,17-20,29-32H,9-16,21-28H2,1-2H3. The minimum absolute atomic E-state index is 1.19. The third-order valence-corrected chi connectivity index (χ3v) is 12.7. The molecule has 254 valence electrons. The summed E-state index contributed by atoms with van der Waals surface area (Å²) < 4.78 is 0. The van der Waals surface area contributed by atoms with E-state index in [4.69, 9.17) is 0 Å². The topological polar surface area (TPSA) is 6.48 Å². The number of rotatable bonds is 6. The Kier molecular flexibility index (Phi) is 8.51. The van der Waals surface area contributed by atoms with Crippen molar-refractivity contribution in [2.24, 2.45) is 0 Å². The summed E-state index contributed by atoms with van der Waals surface area (Å²) in [4.78, 5) is 5.28. The van der Waals surface area contributed by atoms with E-state index in [0.29, 0.717) is 0 Å². The molecule has 0 radical (unpaired) electrons. The molecule has 0 aromatic heterocycles. The Morgan fingerprint density at radius 2 is 0.540 bits per heavy atom. The summed E-state index contributed by atoms with van der Waals surface area (Å²) in [6.07, 6.45) is 20.0. The lowest BCUT2D eigenvalue weighted by Gasteiger charge is -2.37. The molecule has 0 spiro atoms. The van der Waals surface area contributed by atoms with Gasteiger partial charge in [0, 0.05) is 22.7 Å². The van der Waals surface area contributed by atoms with Crippen LogP contribution in [-0.2, 0) is 51.4 Å². The van der Waals surface area contributed by atoms with Gasteiger partial charge in [0.1, 0.15) is 0 Å². The molecule has 0 N–H and O–H groups in total. The van der Waals surface area contributed by atoms with Crippen molar-refractivity contribution in [2.75, 3.05) is 9.80 Å². The molecule has 5 aromatic rings. The zero-order valence-electron chi connectivity index (χ0n) is 30.3. The third kappa shape index (κ3) is 5.38. The molecule has 0 aliphatic heterocycles. The molecule has 0 fully saturated rings. The van der Waals surface area contributed by atoms with Crippen LogP contribution in [-0.4, -0.2) is 0 Å². The van der Waals surface area contributed by atoms with E-state index in [9.17, 15) is 0 Å². The minimum Gasteiger partial charge on any atom is -0.310 e. The van der Waals surface area contributed by atoms with E-state index in [-0.39, 0.29) is 0 Å². The maximum absolute atomic E-state index is 2.64. The molecule has 4 aliphatic rings. The van der Waals surface area contributed by atoms with Crippen LogP contribution in [0.3, 0.4) is 0 Å². The highest BCUT2D eigenvalue weighted by Gasteiger charge is 2.31. The summed E-state index contributed by atoms with van der Waals surface area (Å²) >= 11 is 0. The van der Waals surface area contributed by atoms with Crippen molar-refractivity contribution < 1.29 is 0 Å². The van der Waals surface area contributed by atoms with Gasteiger partial charge in [-0.25, -0.2) is 0 Å². The van der Waals surface area contributed by atoms with E-state index in [1.54, 1.807) is 55.6 Å². The van der Waals surface area contributed by atoms with Gasteiger partial charge in [-0.05, 0) is 221 Å². The Labute approximate surface area is 300 Å². The van der Waals surface area contributed by atoms with Crippen molar-refractivity contribution in [3.05, 3.63) is 141 Å². The molecule has 0 bridgehead atoms. The quantitative estimate of drug-likeness (QED) is 0.179. The van der Waals surface area contributed by atoms with Crippen molar-refractivity contribution in [1.82, 2.24) is 0 Å². The van der Waals surface area contributed by atoms with Crippen LogP contribution in [0.4, 0.5) is 34.1 Å². The molecule has 2 heteroatoms. The van der Waals surface area contributed by atoms with E-state index in [0.717, 1.165) is 0 Å². The molecular weight excluding hydrogens is 605 g/mol. The van der Waals surface area contributed by atoms with Gasteiger partial charge in [0.15, 0.2) is 0 Å². The number of fused-ring (bicyclic) bond motifs is 4. The maximum Gasteiger partial charge on any atom is 0.0531 e.